The van der Waals surface area contributed by atoms with Gasteiger partial charge in [-0.1, -0.05) is 46.0 Å². The van der Waals surface area contributed by atoms with Gasteiger partial charge in [0, 0.05) is 0 Å². The van der Waals surface area contributed by atoms with Gasteiger partial charge in [-0.05, 0) is 37.5 Å². The molecule has 1 N–H and O–H groups in total. The van der Waals surface area contributed by atoms with E-state index in [4.69, 9.17) is 0 Å². The largest absolute Gasteiger partial charge is 0.481 e. The molecule has 0 amide bonds. The predicted molar refractivity (Wildman–Crippen MR) is 71.0 cm³/mol. The van der Waals surface area contributed by atoms with Gasteiger partial charge in [0.15, 0.2) is 0 Å². The second kappa shape index (κ2) is 7.73. The molecule has 17 heavy (non-hydrogen) atoms. The molecule has 1 fully saturated rings. The fourth-order valence-corrected chi connectivity index (χ4v) is 3.21. The molecule has 0 aromatic rings. The molecule has 1 aliphatic rings. The Hall–Kier alpha value is -0.530. The van der Waals surface area contributed by atoms with E-state index in [1.807, 2.05) is 0 Å². The summed E-state index contributed by atoms with van der Waals surface area (Å²) in [4.78, 5) is 11.2. The lowest BCUT2D eigenvalue weighted by molar-refractivity contribution is -0.145. The number of unbranched alkanes of at least 4 members (excludes halogenated alkanes) is 3. The van der Waals surface area contributed by atoms with E-state index in [0.717, 1.165) is 31.6 Å². The van der Waals surface area contributed by atoms with Crippen LogP contribution in [0.4, 0.5) is 0 Å². The summed E-state index contributed by atoms with van der Waals surface area (Å²) in [6.07, 6.45) is 10.6. The molecule has 1 rings (SSSR count). The van der Waals surface area contributed by atoms with Crippen molar-refractivity contribution in [3.63, 3.8) is 0 Å². The van der Waals surface area contributed by atoms with Gasteiger partial charge in [0.2, 0.25) is 0 Å². The molecule has 3 atom stereocenters. The molecule has 0 radical (unpaired) electrons. The Kier molecular flexibility index (Phi) is 6.61. The van der Waals surface area contributed by atoms with Crippen molar-refractivity contribution in [1.82, 2.24) is 0 Å². The molecular weight excluding hydrogens is 212 g/mol. The van der Waals surface area contributed by atoms with Crippen LogP contribution in [0, 0.1) is 17.8 Å². The molecule has 3 unspecified atom stereocenters. The quantitative estimate of drug-likeness (QED) is 0.666. The first-order valence-electron chi connectivity index (χ1n) is 7.41. The number of rotatable bonds is 7. The highest BCUT2D eigenvalue weighted by molar-refractivity contribution is 5.70. The summed E-state index contributed by atoms with van der Waals surface area (Å²) < 4.78 is 0. The Morgan fingerprint density at radius 3 is 2.53 bits per heavy atom. The van der Waals surface area contributed by atoms with Crippen LogP contribution in [-0.2, 0) is 4.79 Å². The summed E-state index contributed by atoms with van der Waals surface area (Å²) >= 11 is 0. The normalized spacial score (nSPS) is 29.2. The summed E-state index contributed by atoms with van der Waals surface area (Å²) in [5.74, 6) is 0.615. The van der Waals surface area contributed by atoms with E-state index in [-0.39, 0.29) is 5.92 Å². The molecule has 0 aliphatic heterocycles. The van der Waals surface area contributed by atoms with Crippen molar-refractivity contribution in [2.24, 2.45) is 17.8 Å². The van der Waals surface area contributed by atoms with E-state index in [9.17, 15) is 9.90 Å². The highest BCUT2D eigenvalue weighted by Gasteiger charge is 2.33. The van der Waals surface area contributed by atoms with Crippen LogP contribution in [0.3, 0.4) is 0 Å². The second-order valence-electron chi connectivity index (χ2n) is 5.64. The van der Waals surface area contributed by atoms with Crippen molar-refractivity contribution in [1.29, 1.82) is 0 Å². The smallest absolute Gasteiger partial charge is 0.306 e. The van der Waals surface area contributed by atoms with Crippen LogP contribution in [-0.4, -0.2) is 11.1 Å². The van der Waals surface area contributed by atoms with E-state index in [1.54, 1.807) is 0 Å². The topological polar surface area (TPSA) is 37.3 Å². The number of carboxylic acids is 1. The van der Waals surface area contributed by atoms with Crippen molar-refractivity contribution < 1.29 is 9.90 Å². The summed E-state index contributed by atoms with van der Waals surface area (Å²) in [5, 5.41) is 9.27. The molecule has 1 saturated carbocycles. The number of hydrogen-bond donors (Lipinski definition) is 1. The van der Waals surface area contributed by atoms with Crippen LogP contribution in [0.1, 0.15) is 71.6 Å². The summed E-state index contributed by atoms with van der Waals surface area (Å²) in [6.45, 7) is 4.45. The molecule has 0 aromatic carbocycles. The number of aliphatic carboxylic acids is 1. The zero-order valence-electron chi connectivity index (χ0n) is 11.5. The van der Waals surface area contributed by atoms with Gasteiger partial charge in [-0.2, -0.15) is 0 Å². The average Bonchev–Trinajstić information content (AvgIpc) is 2.34. The van der Waals surface area contributed by atoms with Crippen LogP contribution in [0.15, 0.2) is 0 Å². The van der Waals surface area contributed by atoms with E-state index >= 15 is 0 Å². The SMILES string of the molecule is CCCCCCC1CC(CC)CCC1C(=O)O. The Bertz CT molecular complexity index is 225. The van der Waals surface area contributed by atoms with Gasteiger partial charge in [-0.3, -0.25) is 4.79 Å². The maximum absolute atomic E-state index is 11.2. The Morgan fingerprint density at radius 1 is 1.18 bits per heavy atom. The van der Waals surface area contributed by atoms with Gasteiger partial charge in [-0.15, -0.1) is 0 Å². The summed E-state index contributed by atoms with van der Waals surface area (Å²) in [7, 11) is 0. The molecular formula is C15H28O2. The zero-order chi connectivity index (χ0) is 12.7. The van der Waals surface area contributed by atoms with Gasteiger partial charge in [0.05, 0.1) is 5.92 Å². The van der Waals surface area contributed by atoms with Crippen molar-refractivity contribution in [3.05, 3.63) is 0 Å². The number of carbonyl (C=O) groups is 1. The molecule has 0 bridgehead atoms. The average molecular weight is 240 g/mol. The maximum Gasteiger partial charge on any atom is 0.306 e. The first-order chi connectivity index (χ1) is 8.19. The third kappa shape index (κ3) is 4.69. The molecule has 2 nitrogen and oxygen atoms in total. The minimum atomic E-state index is -0.556. The molecule has 1 aliphatic carbocycles. The first-order valence-corrected chi connectivity index (χ1v) is 7.41. The lowest BCUT2D eigenvalue weighted by atomic mass is 9.71. The molecule has 0 spiro atoms. The van der Waals surface area contributed by atoms with Crippen molar-refractivity contribution in [2.45, 2.75) is 71.6 Å². The van der Waals surface area contributed by atoms with Crippen LogP contribution >= 0.6 is 0 Å². The third-order valence-electron chi connectivity index (χ3n) is 4.41. The molecule has 2 heteroatoms. The second-order valence-corrected chi connectivity index (χ2v) is 5.64. The minimum absolute atomic E-state index is 0.0561. The molecule has 0 aromatic heterocycles. The van der Waals surface area contributed by atoms with Gasteiger partial charge >= 0.3 is 5.97 Å². The van der Waals surface area contributed by atoms with Gasteiger partial charge in [-0.25, -0.2) is 0 Å². The van der Waals surface area contributed by atoms with Gasteiger partial charge in [0.25, 0.3) is 0 Å². The van der Waals surface area contributed by atoms with Crippen molar-refractivity contribution in [3.8, 4) is 0 Å². The lowest BCUT2D eigenvalue weighted by Gasteiger charge is -2.33. The Labute approximate surface area is 106 Å². The van der Waals surface area contributed by atoms with Crippen LogP contribution in [0.5, 0.6) is 0 Å². The highest BCUT2D eigenvalue weighted by Crippen LogP contribution is 2.38. The fraction of sp³-hybridized carbons (Fsp3) is 0.933. The van der Waals surface area contributed by atoms with E-state index in [1.165, 1.54) is 32.1 Å². The van der Waals surface area contributed by atoms with Crippen LogP contribution < -0.4 is 0 Å². The number of carboxylic acid groups (broad SMARTS) is 1. The third-order valence-corrected chi connectivity index (χ3v) is 4.41. The standard InChI is InChI=1S/C15H28O2/c1-3-5-6-7-8-13-11-12(4-2)9-10-14(13)15(16)17/h12-14H,3-11H2,1-2H3,(H,16,17). The monoisotopic (exact) mass is 240 g/mol. The number of hydrogen-bond acceptors (Lipinski definition) is 1. The van der Waals surface area contributed by atoms with E-state index in [0.29, 0.717) is 5.92 Å². The summed E-state index contributed by atoms with van der Waals surface area (Å²) in [5.41, 5.74) is 0. The minimum Gasteiger partial charge on any atom is -0.481 e. The molecule has 0 heterocycles. The highest BCUT2D eigenvalue weighted by atomic mass is 16.4. The first kappa shape index (κ1) is 14.5. The Balaban J connectivity index is 2.40. The predicted octanol–water partition coefficient (Wildman–Crippen LogP) is 4.48. The van der Waals surface area contributed by atoms with Crippen molar-refractivity contribution >= 4 is 5.97 Å². The lowest BCUT2D eigenvalue weighted by Crippen LogP contribution is -2.30. The maximum atomic E-state index is 11.2. The van der Waals surface area contributed by atoms with Crippen LogP contribution in [0.2, 0.25) is 0 Å². The van der Waals surface area contributed by atoms with E-state index in [2.05, 4.69) is 13.8 Å². The van der Waals surface area contributed by atoms with Gasteiger partial charge in [0.1, 0.15) is 0 Å². The van der Waals surface area contributed by atoms with E-state index < -0.39 is 5.97 Å². The molecule has 100 valence electrons. The van der Waals surface area contributed by atoms with Crippen molar-refractivity contribution in [2.75, 3.05) is 0 Å². The summed E-state index contributed by atoms with van der Waals surface area (Å²) in [6, 6.07) is 0. The zero-order valence-corrected chi connectivity index (χ0v) is 11.5. The van der Waals surface area contributed by atoms with Crippen LogP contribution in [0.25, 0.3) is 0 Å². The fourth-order valence-electron chi connectivity index (χ4n) is 3.21. The molecule has 0 saturated heterocycles. The van der Waals surface area contributed by atoms with Gasteiger partial charge < -0.3 is 5.11 Å². The Morgan fingerprint density at radius 2 is 1.94 bits per heavy atom.